The highest BCUT2D eigenvalue weighted by molar-refractivity contribution is 5.87. The molecule has 0 unspecified atom stereocenters. The predicted octanol–water partition coefficient (Wildman–Crippen LogP) is 7.45. The van der Waals surface area contributed by atoms with Crippen molar-refractivity contribution in [1.82, 2.24) is 39.6 Å². The highest BCUT2D eigenvalue weighted by atomic mass is 16.4. The molecular formula is C43H42N8O4. The maximum Gasteiger partial charge on any atom is 0.407 e. The van der Waals surface area contributed by atoms with E-state index in [1.165, 1.54) is 7.05 Å². The number of aromatic amines is 2. The Bertz CT molecular complexity index is 2270. The van der Waals surface area contributed by atoms with Crippen LogP contribution in [0.5, 0.6) is 0 Å². The van der Waals surface area contributed by atoms with Crippen molar-refractivity contribution in [1.29, 1.82) is 0 Å². The number of likely N-dealkylation sites (tertiary alicyclic amines) is 2. The maximum absolute atomic E-state index is 13.9. The Morgan fingerprint density at radius 1 is 0.727 bits per heavy atom. The lowest BCUT2D eigenvalue weighted by atomic mass is 10.0. The number of nitrogens with one attached hydrogen (secondary N) is 2. The monoisotopic (exact) mass is 734 g/mol. The SMILES string of the molecule is CN(C(=O)O)[C@@H](C(=O)N1CCC[C@H]1c1ncc(-c2ccc(-c3ccc(-c4cnc([C@@H]5CCCN5C(=O)Cc5cccnc5)[nH]4)cc3)cc2)[nH]1)c1ccccc1. The van der Waals surface area contributed by atoms with E-state index in [1.807, 2.05) is 41.4 Å². The molecule has 3 N–H and O–H groups in total. The Morgan fingerprint density at radius 2 is 1.27 bits per heavy atom. The molecule has 278 valence electrons. The van der Waals surface area contributed by atoms with Gasteiger partial charge in [0, 0.05) is 32.5 Å². The molecule has 2 aliphatic heterocycles. The molecule has 6 aromatic rings. The minimum absolute atomic E-state index is 0.0703. The van der Waals surface area contributed by atoms with Gasteiger partial charge in [-0.25, -0.2) is 14.8 Å². The van der Waals surface area contributed by atoms with Crippen LogP contribution >= 0.6 is 0 Å². The molecule has 12 nitrogen and oxygen atoms in total. The summed E-state index contributed by atoms with van der Waals surface area (Å²) >= 11 is 0. The van der Waals surface area contributed by atoms with E-state index in [9.17, 15) is 19.5 Å². The molecule has 0 bridgehead atoms. The van der Waals surface area contributed by atoms with Gasteiger partial charge in [-0.05, 0) is 65.1 Å². The summed E-state index contributed by atoms with van der Waals surface area (Å²) in [5.41, 5.74) is 7.41. The van der Waals surface area contributed by atoms with Crippen LogP contribution < -0.4 is 0 Å². The summed E-state index contributed by atoms with van der Waals surface area (Å²) in [6, 6.07) is 28.1. The number of hydrogen-bond donors (Lipinski definition) is 3. The summed E-state index contributed by atoms with van der Waals surface area (Å²) in [7, 11) is 1.43. The molecule has 0 aliphatic carbocycles. The third-order valence-electron chi connectivity index (χ3n) is 10.8. The fourth-order valence-electron chi connectivity index (χ4n) is 7.87. The summed E-state index contributed by atoms with van der Waals surface area (Å²) in [5, 5.41) is 9.78. The van der Waals surface area contributed by atoms with E-state index < -0.39 is 12.1 Å². The van der Waals surface area contributed by atoms with Gasteiger partial charge in [-0.2, -0.15) is 0 Å². The number of carboxylic acid groups (broad SMARTS) is 1. The zero-order chi connectivity index (χ0) is 37.9. The van der Waals surface area contributed by atoms with Gasteiger partial charge in [0.15, 0.2) is 0 Å². The van der Waals surface area contributed by atoms with Crippen molar-refractivity contribution in [3.8, 4) is 33.6 Å². The predicted molar refractivity (Wildman–Crippen MR) is 207 cm³/mol. The lowest BCUT2D eigenvalue weighted by Crippen LogP contribution is -2.43. The van der Waals surface area contributed by atoms with Gasteiger partial charge in [-0.1, -0.05) is 84.9 Å². The summed E-state index contributed by atoms with van der Waals surface area (Å²) in [6.45, 7) is 1.25. The van der Waals surface area contributed by atoms with Crippen LogP contribution in [0.1, 0.15) is 66.6 Å². The molecule has 2 saturated heterocycles. The molecule has 3 aromatic heterocycles. The van der Waals surface area contributed by atoms with Crippen LogP contribution in [0.3, 0.4) is 0 Å². The largest absolute Gasteiger partial charge is 0.465 e. The van der Waals surface area contributed by atoms with Crippen molar-refractivity contribution in [3.63, 3.8) is 0 Å². The number of amides is 3. The number of H-pyrrole nitrogens is 2. The number of carbonyl (C=O) groups is 3. The average Bonchev–Trinajstić information content (AvgIpc) is 4.06. The van der Waals surface area contributed by atoms with Crippen LogP contribution in [0.2, 0.25) is 0 Å². The molecular weight excluding hydrogens is 693 g/mol. The van der Waals surface area contributed by atoms with E-state index >= 15 is 0 Å². The molecule has 5 heterocycles. The average molecular weight is 735 g/mol. The third-order valence-corrected chi connectivity index (χ3v) is 10.8. The van der Waals surface area contributed by atoms with Crippen LogP contribution in [-0.2, 0) is 16.0 Å². The zero-order valence-corrected chi connectivity index (χ0v) is 30.5. The Morgan fingerprint density at radius 3 is 1.82 bits per heavy atom. The van der Waals surface area contributed by atoms with Crippen LogP contribution in [0.15, 0.2) is 116 Å². The van der Waals surface area contributed by atoms with E-state index in [1.54, 1.807) is 35.6 Å². The highest BCUT2D eigenvalue weighted by Crippen LogP contribution is 2.36. The molecule has 2 fully saturated rings. The molecule has 8 rings (SSSR count). The number of aromatic nitrogens is 5. The van der Waals surface area contributed by atoms with Crippen LogP contribution in [0.4, 0.5) is 4.79 Å². The van der Waals surface area contributed by atoms with Gasteiger partial charge in [0.1, 0.15) is 17.7 Å². The molecule has 12 heteroatoms. The minimum Gasteiger partial charge on any atom is -0.465 e. The quantitative estimate of drug-likeness (QED) is 0.132. The Hall–Kier alpha value is -6.56. The molecule has 55 heavy (non-hydrogen) atoms. The number of nitrogens with zero attached hydrogens (tertiary/aromatic N) is 6. The maximum atomic E-state index is 13.9. The Balaban J connectivity index is 0.927. The van der Waals surface area contributed by atoms with Gasteiger partial charge < -0.3 is 24.9 Å². The first-order chi connectivity index (χ1) is 26.8. The molecule has 2 aliphatic rings. The molecule has 0 radical (unpaired) electrons. The zero-order valence-electron chi connectivity index (χ0n) is 30.5. The smallest absolute Gasteiger partial charge is 0.407 e. The summed E-state index contributed by atoms with van der Waals surface area (Å²) in [5.74, 6) is 1.32. The van der Waals surface area contributed by atoms with Crippen molar-refractivity contribution in [2.75, 3.05) is 20.1 Å². The van der Waals surface area contributed by atoms with Crippen molar-refractivity contribution in [3.05, 3.63) is 139 Å². The van der Waals surface area contributed by atoms with E-state index in [-0.39, 0.29) is 23.9 Å². The minimum atomic E-state index is -1.16. The van der Waals surface area contributed by atoms with Crippen molar-refractivity contribution in [2.45, 2.75) is 50.2 Å². The second-order valence-electron chi connectivity index (χ2n) is 14.2. The molecule has 3 amide bonds. The first-order valence-electron chi connectivity index (χ1n) is 18.6. The topological polar surface area (TPSA) is 151 Å². The van der Waals surface area contributed by atoms with E-state index in [2.05, 4.69) is 68.5 Å². The van der Waals surface area contributed by atoms with Crippen LogP contribution in [0, 0.1) is 0 Å². The van der Waals surface area contributed by atoms with E-state index in [0.29, 0.717) is 24.4 Å². The van der Waals surface area contributed by atoms with Crippen molar-refractivity contribution >= 4 is 17.9 Å². The molecule has 3 aromatic carbocycles. The number of pyridine rings is 1. The fourth-order valence-corrected chi connectivity index (χ4v) is 7.87. The second kappa shape index (κ2) is 15.4. The van der Waals surface area contributed by atoms with Crippen LogP contribution in [0.25, 0.3) is 33.6 Å². The summed E-state index contributed by atoms with van der Waals surface area (Å²) in [4.78, 5) is 64.3. The Kier molecular flexibility index (Phi) is 9.95. The number of likely N-dealkylation sites (N-methyl/N-ethyl adjacent to an activating group) is 1. The van der Waals surface area contributed by atoms with Gasteiger partial charge >= 0.3 is 6.09 Å². The number of rotatable bonds is 10. The van der Waals surface area contributed by atoms with Gasteiger partial charge in [0.25, 0.3) is 5.91 Å². The van der Waals surface area contributed by atoms with Crippen LogP contribution in [-0.4, -0.2) is 82.8 Å². The number of benzene rings is 3. The number of carbonyl (C=O) groups excluding carboxylic acids is 2. The van der Waals surface area contributed by atoms with Crippen molar-refractivity contribution < 1.29 is 19.5 Å². The highest BCUT2D eigenvalue weighted by Gasteiger charge is 2.39. The van der Waals surface area contributed by atoms with Crippen molar-refractivity contribution in [2.24, 2.45) is 0 Å². The number of hydrogen-bond acceptors (Lipinski definition) is 6. The normalized spacial score (nSPS) is 17.3. The lowest BCUT2D eigenvalue weighted by Gasteiger charge is -2.32. The van der Waals surface area contributed by atoms with Gasteiger partial charge in [-0.15, -0.1) is 0 Å². The lowest BCUT2D eigenvalue weighted by molar-refractivity contribution is -0.137. The Labute approximate surface area is 318 Å². The molecule has 0 saturated carbocycles. The second-order valence-corrected chi connectivity index (χ2v) is 14.2. The third kappa shape index (κ3) is 7.35. The number of imidazole rings is 2. The van der Waals surface area contributed by atoms with Gasteiger partial charge in [0.2, 0.25) is 5.91 Å². The van der Waals surface area contributed by atoms with Gasteiger partial charge in [-0.3, -0.25) is 19.5 Å². The fraction of sp³-hybridized carbons (Fsp3) is 0.256. The first kappa shape index (κ1) is 35.5. The van der Waals surface area contributed by atoms with E-state index in [0.717, 1.165) is 82.2 Å². The standard InChI is InChI=1S/C43H42N8O4/c1-49(43(54)55)39(33-9-3-2-4-10-33)42(53)51-23-7-12-37(51)41-46-27-35(48-41)32-19-15-30(16-20-32)29-13-17-31(18-14-29)34-26-45-40(47-34)36-11-6-22-50(36)38(52)24-28-8-5-21-44-25-28/h2-5,8-10,13-21,25-27,36-37,39H,6-7,11-12,22-24H2,1H3,(H,45,47)(H,46,48)(H,54,55)/t36-,37-,39+/m0/s1. The molecule has 0 spiro atoms. The van der Waals surface area contributed by atoms with E-state index in [4.69, 9.17) is 4.98 Å². The summed E-state index contributed by atoms with van der Waals surface area (Å²) < 4.78 is 0. The first-order valence-corrected chi connectivity index (χ1v) is 18.6. The van der Waals surface area contributed by atoms with Gasteiger partial charge in [0.05, 0.1) is 42.3 Å². The summed E-state index contributed by atoms with van der Waals surface area (Å²) in [6.07, 6.45) is 9.61. The molecule has 3 atom stereocenters.